The van der Waals surface area contributed by atoms with Gasteiger partial charge in [0.1, 0.15) is 11.6 Å². The summed E-state index contributed by atoms with van der Waals surface area (Å²) in [6.45, 7) is 0.523. The van der Waals surface area contributed by atoms with Gasteiger partial charge in [-0.15, -0.1) is 0 Å². The molecule has 4 rings (SSSR count). The van der Waals surface area contributed by atoms with E-state index >= 15 is 0 Å². The lowest BCUT2D eigenvalue weighted by Gasteiger charge is -2.09. The molecule has 1 aliphatic carbocycles. The van der Waals surface area contributed by atoms with E-state index in [2.05, 4.69) is 21.4 Å². The highest BCUT2D eigenvalue weighted by molar-refractivity contribution is 5.64. The third-order valence-electron chi connectivity index (χ3n) is 4.65. The Balaban J connectivity index is 1.63. The van der Waals surface area contributed by atoms with Crippen LogP contribution >= 0.6 is 0 Å². The Labute approximate surface area is 161 Å². The quantitative estimate of drug-likeness (QED) is 0.739. The van der Waals surface area contributed by atoms with Crippen LogP contribution in [0.15, 0.2) is 65.5 Å². The van der Waals surface area contributed by atoms with Crippen LogP contribution in [0.5, 0.6) is 0 Å². The maximum atomic E-state index is 13.2. The molecule has 1 heterocycles. The SMILES string of the molecule is O=c1nc(NCc2cccc(-c3ccc(F)cc3)c2)c2c([nH]1)=CCCC=CC=2. The van der Waals surface area contributed by atoms with Gasteiger partial charge in [0, 0.05) is 17.1 Å². The van der Waals surface area contributed by atoms with E-state index in [1.54, 1.807) is 12.1 Å². The summed E-state index contributed by atoms with van der Waals surface area (Å²) < 4.78 is 13.2. The van der Waals surface area contributed by atoms with E-state index < -0.39 is 0 Å². The highest BCUT2D eigenvalue weighted by Gasteiger charge is 2.04. The number of aromatic nitrogens is 2. The molecule has 0 spiro atoms. The Morgan fingerprint density at radius 1 is 1.07 bits per heavy atom. The van der Waals surface area contributed by atoms with Gasteiger partial charge >= 0.3 is 5.69 Å². The summed E-state index contributed by atoms with van der Waals surface area (Å²) in [4.78, 5) is 18.9. The predicted octanol–water partition coefficient (Wildman–Crippen LogP) is 3.10. The number of nitrogens with zero attached hydrogens (tertiary/aromatic N) is 1. The summed E-state index contributed by atoms with van der Waals surface area (Å²) in [5.74, 6) is 0.314. The molecule has 3 aromatic rings. The Morgan fingerprint density at radius 2 is 1.93 bits per heavy atom. The fourth-order valence-electron chi connectivity index (χ4n) is 3.24. The number of anilines is 1. The van der Waals surface area contributed by atoms with Crippen LogP contribution in [-0.4, -0.2) is 9.97 Å². The van der Waals surface area contributed by atoms with Crippen LogP contribution in [0.2, 0.25) is 0 Å². The third-order valence-corrected chi connectivity index (χ3v) is 4.65. The number of allylic oxidation sites excluding steroid dienone is 2. The predicted molar refractivity (Wildman–Crippen MR) is 111 cm³/mol. The third kappa shape index (κ3) is 4.09. The van der Waals surface area contributed by atoms with Crippen molar-refractivity contribution in [3.05, 3.63) is 93.1 Å². The van der Waals surface area contributed by atoms with Crippen molar-refractivity contribution in [2.75, 3.05) is 5.32 Å². The van der Waals surface area contributed by atoms with Crippen molar-refractivity contribution < 1.29 is 4.39 Å². The van der Waals surface area contributed by atoms with E-state index in [0.29, 0.717) is 12.4 Å². The number of nitrogens with one attached hydrogen (secondary N) is 2. The van der Waals surface area contributed by atoms with Crippen molar-refractivity contribution >= 4 is 18.0 Å². The van der Waals surface area contributed by atoms with Crippen LogP contribution in [0.25, 0.3) is 23.3 Å². The molecule has 5 heteroatoms. The largest absolute Gasteiger partial charge is 0.365 e. The number of halogens is 1. The molecule has 140 valence electrons. The maximum Gasteiger partial charge on any atom is 0.347 e. The molecule has 0 aliphatic heterocycles. The molecule has 0 radical (unpaired) electrons. The molecule has 0 saturated heterocycles. The molecule has 1 aliphatic rings. The maximum absolute atomic E-state index is 13.2. The van der Waals surface area contributed by atoms with E-state index in [1.807, 2.05) is 42.5 Å². The average Bonchev–Trinajstić information content (AvgIpc) is 2.68. The molecule has 0 bridgehead atoms. The van der Waals surface area contributed by atoms with Gasteiger partial charge in [0.2, 0.25) is 0 Å². The number of rotatable bonds is 4. The minimum absolute atomic E-state index is 0.249. The zero-order valence-electron chi connectivity index (χ0n) is 15.3. The molecular formula is C23H20FN3O. The van der Waals surface area contributed by atoms with Gasteiger partial charge < -0.3 is 10.3 Å². The Hall–Kier alpha value is -3.47. The van der Waals surface area contributed by atoms with Gasteiger partial charge in [0.05, 0.1) is 0 Å². The van der Waals surface area contributed by atoms with Gasteiger partial charge in [-0.2, -0.15) is 4.98 Å². The van der Waals surface area contributed by atoms with E-state index in [9.17, 15) is 9.18 Å². The van der Waals surface area contributed by atoms with E-state index in [4.69, 9.17) is 0 Å². The number of fused-ring (bicyclic) bond motifs is 1. The first-order valence-electron chi connectivity index (χ1n) is 9.25. The van der Waals surface area contributed by atoms with Gasteiger partial charge in [0.15, 0.2) is 0 Å². The van der Waals surface area contributed by atoms with Crippen LogP contribution in [0.4, 0.5) is 10.2 Å². The monoisotopic (exact) mass is 373 g/mol. The molecule has 4 nitrogen and oxygen atoms in total. The first kappa shape index (κ1) is 17.9. The molecule has 0 unspecified atom stereocenters. The molecular weight excluding hydrogens is 353 g/mol. The minimum Gasteiger partial charge on any atom is -0.365 e. The number of hydrogen-bond acceptors (Lipinski definition) is 3. The highest BCUT2D eigenvalue weighted by atomic mass is 19.1. The Morgan fingerprint density at radius 3 is 2.79 bits per heavy atom. The summed E-state index contributed by atoms with van der Waals surface area (Å²) in [6, 6.07) is 14.5. The van der Waals surface area contributed by atoms with Gasteiger partial charge in [-0.3, -0.25) is 0 Å². The van der Waals surface area contributed by atoms with Gasteiger partial charge in [-0.25, -0.2) is 9.18 Å². The molecule has 1 aromatic heterocycles. The number of hydrogen-bond donors (Lipinski definition) is 2. The molecule has 2 aromatic carbocycles. The van der Waals surface area contributed by atoms with Crippen molar-refractivity contribution in [1.82, 2.24) is 9.97 Å². The lowest BCUT2D eigenvalue weighted by molar-refractivity contribution is 0.628. The molecule has 28 heavy (non-hydrogen) atoms. The first-order chi connectivity index (χ1) is 13.7. The van der Waals surface area contributed by atoms with Gasteiger partial charge in [0.25, 0.3) is 0 Å². The van der Waals surface area contributed by atoms with Crippen LogP contribution in [0.3, 0.4) is 0 Å². The molecule has 0 amide bonds. The zero-order valence-corrected chi connectivity index (χ0v) is 15.3. The van der Waals surface area contributed by atoms with Crippen LogP contribution in [0.1, 0.15) is 18.4 Å². The summed E-state index contributed by atoms with van der Waals surface area (Å²) >= 11 is 0. The smallest absolute Gasteiger partial charge is 0.347 e. The van der Waals surface area contributed by atoms with Crippen LogP contribution in [-0.2, 0) is 6.54 Å². The molecule has 0 atom stereocenters. The summed E-state index contributed by atoms with van der Waals surface area (Å²) in [5.41, 5.74) is 2.64. The Kier molecular flexibility index (Phi) is 5.15. The van der Waals surface area contributed by atoms with Crippen molar-refractivity contribution in [3.63, 3.8) is 0 Å². The average molecular weight is 373 g/mol. The lowest BCUT2D eigenvalue weighted by atomic mass is 10.0. The highest BCUT2D eigenvalue weighted by Crippen LogP contribution is 2.21. The van der Waals surface area contributed by atoms with Crippen LogP contribution < -0.4 is 21.6 Å². The topological polar surface area (TPSA) is 57.8 Å². The first-order valence-corrected chi connectivity index (χ1v) is 9.25. The molecule has 0 saturated carbocycles. The van der Waals surface area contributed by atoms with Crippen molar-refractivity contribution in [2.24, 2.45) is 0 Å². The number of benzene rings is 2. The normalized spacial score (nSPS) is 12.9. The van der Waals surface area contributed by atoms with Crippen molar-refractivity contribution in [2.45, 2.75) is 19.4 Å². The second-order valence-corrected chi connectivity index (χ2v) is 6.66. The van der Waals surface area contributed by atoms with Crippen molar-refractivity contribution in [1.29, 1.82) is 0 Å². The fraction of sp³-hybridized carbons (Fsp3) is 0.130. The fourth-order valence-corrected chi connectivity index (χ4v) is 3.24. The minimum atomic E-state index is -0.365. The number of aromatic amines is 1. The molecule has 2 N–H and O–H groups in total. The van der Waals surface area contributed by atoms with Gasteiger partial charge in [-0.1, -0.05) is 48.6 Å². The van der Waals surface area contributed by atoms with Crippen molar-refractivity contribution in [3.8, 4) is 11.1 Å². The standard InChI is InChI=1S/C23H20FN3O/c24-19-12-10-17(11-13-19)18-7-5-6-16(14-18)15-25-22-20-8-3-1-2-4-9-21(20)26-23(28)27-22/h1,3,5-14H,2,4,15H2,(H2,25,26,27,28). The van der Waals surface area contributed by atoms with Gasteiger partial charge in [-0.05, 0) is 53.8 Å². The van der Waals surface area contributed by atoms with E-state index in [1.165, 1.54) is 12.1 Å². The second-order valence-electron chi connectivity index (χ2n) is 6.66. The summed E-state index contributed by atoms with van der Waals surface area (Å²) in [6.07, 6.45) is 9.90. The summed E-state index contributed by atoms with van der Waals surface area (Å²) in [5, 5.41) is 4.97. The van der Waals surface area contributed by atoms with E-state index in [-0.39, 0.29) is 11.5 Å². The summed E-state index contributed by atoms with van der Waals surface area (Å²) in [7, 11) is 0. The van der Waals surface area contributed by atoms with E-state index in [0.717, 1.165) is 40.1 Å². The Bertz CT molecular complexity index is 1190. The molecule has 0 fully saturated rings. The second kappa shape index (κ2) is 8.05. The number of H-pyrrole nitrogens is 1. The van der Waals surface area contributed by atoms with Crippen LogP contribution in [0, 0.1) is 5.82 Å². The zero-order chi connectivity index (χ0) is 19.3. The lowest BCUT2D eigenvalue weighted by Crippen LogP contribution is -2.38.